The number of thiazole rings is 1. The molecule has 112 valence electrons. The second kappa shape index (κ2) is 5.89. The van der Waals surface area contributed by atoms with Crippen molar-refractivity contribution in [2.24, 2.45) is 0 Å². The van der Waals surface area contributed by atoms with Gasteiger partial charge in [0.15, 0.2) is 0 Å². The van der Waals surface area contributed by atoms with E-state index in [0.717, 1.165) is 30.8 Å². The lowest BCUT2D eigenvalue weighted by Crippen LogP contribution is -2.44. The summed E-state index contributed by atoms with van der Waals surface area (Å²) in [5.74, 6) is 0.259. The quantitative estimate of drug-likeness (QED) is 0.865. The third-order valence-electron chi connectivity index (χ3n) is 4.26. The highest BCUT2D eigenvalue weighted by molar-refractivity contribution is 7.11. The Bertz CT molecular complexity index is 610. The van der Waals surface area contributed by atoms with Crippen LogP contribution in [0.4, 0.5) is 0 Å². The lowest BCUT2D eigenvalue weighted by molar-refractivity contribution is -0.131. The standard InChI is InChI=1S/C16H20N2OS2/c1-12-11-17-15(21-12)16(2)5-7-18(8-6-16)14(19)10-13-4-3-9-20-13/h3-4,9,11H,5-8,10H2,1-2H3. The Morgan fingerprint density at radius 2 is 2.19 bits per heavy atom. The fraction of sp³-hybridized carbons (Fsp3) is 0.500. The van der Waals surface area contributed by atoms with Crippen LogP contribution in [-0.4, -0.2) is 28.9 Å². The zero-order valence-corrected chi connectivity index (χ0v) is 14.1. The molecule has 0 unspecified atom stereocenters. The van der Waals surface area contributed by atoms with Crippen molar-refractivity contribution in [2.75, 3.05) is 13.1 Å². The molecular weight excluding hydrogens is 300 g/mol. The first-order chi connectivity index (χ1) is 10.1. The van der Waals surface area contributed by atoms with Crippen molar-refractivity contribution in [1.29, 1.82) is 0 Å². The maximum absolute atomic E-state index is 12.3. The Labute approximate surface area is 133 Å². The Morgan fingerprint density at radius 3 is 2.76 bits per heavy atom. The van der Waals surface area contributed by atoms with Gasteiger partial charge >= 0.3 is 0 Å². The van der Waals surface area contributed by atoms with Gasteiger partial charge in [-0.15, -0.1) is 22.7 Å². The van der Waals surface area contributed by atoms with Crippen LogP contribution >= 0.6 is 22.7 Å². The van der Waals surface area contributed by atoms with E-state index >= 15 is 0 Å². The van der Waals surface area contributed by atoms with Gasteiger partial charge in [-0.2, -0.15) is 0 Å². The Morgan fingerprint density at radius 1 is 1.43 bits per heavy atom. The highest BCUT2D eigenvalue weighted by Crippen LogP contribution is 2.37. The van der Waals surface area contributed by atoms with Crippen molar-refractivity contribution in [2.45, 2.75) is 38.5 Å². The normalized spacial score (nSPS) is 17.9. The second-order valence-electron chi connectivity index (χ2n) is 5.97. The molecule has 0 aromatic carbocycles. The Kier molecular flexibility index (Phi) is 4.13. The van der Waals surface area contributed by atoms with Crippen molar-refractivity contribution >= 4 is 28.6 Å². The van der Waals surface area contributed by atoms with Gasteiger partial charge in [-0.3, -0.25) is 4.79 Å². The van der Waals surface area contributed by atoms with Gasteiger partial charge in [0.2, 0.25) is 5.91 Å². The molecule has 1 aliphatic heterocycles. The summed E-state index contributed by atoms with van der Waals surface area (Å²) in [6.07, 6.45) is 4.52. The summed E-state index contributed by atoms with van der Waals surface area (Å²) in [6.45, 7) is 6.08. The molecule has 2 aromatic rings. The number of aromatic nitrogens is 1. The van der Waals surface area contributed by atoms with Crippen LogP contribution in [0.15, 0.2) is 23.7 Å². The third kappa shape index (κ3) is 3.19. The van der Waals surface area contributed by atoms with Gasteiger partial charge in [-0.1, -0.05) is 13.0 Å². The molecule has 0 atom stereocenters. The van der Waals surface area contributed by atoms with Crippen molar-refractivity contribution in [3.8, 4) is 0 Å². The van der Waals surface area contributed by atoms with Crippen molar-refractivity contribution in [3.63, 3.8) is 0 Å². The number of thiophene rings is 1. The Balaban J connectivity index is 1.61. The highest BCUT2D eigenvalue weighted by Gasteiger charge is 2.35. The number of likely N-dealkylation sites (tertiary alicyclic amines) is 1. The molecule has 21 heavy (non-hydrogen) atoms. The van der Waals surface area contributed by atoms with Gasteiger partial charge in [0.1, 0.15) is 0 Å². The number of carbonyl (C=O) groups is 1. The monoisotopic (exact) mass is 320 g/mol. The van der Waals surface area contributed by atoms with E-state index in [1.165, 1.54) is 9.88 Å². The van der Waals surface area contributed by atoms with Gasteiger partial charge in [0, 0.05) is 34.5 Å². The predicted octanol–water partition coefficient (Wildman–Crippen LogP) is 3.64. The summed E-state index contributed by atoms with van der Waals surface area (Å²) in [7, 11) is 0. The first kappa shape index (κ1) is 14.7. The molecular formula is C16H20N2OS2. The molecule has 2 aromatic heterocycles. The maximum Gasteiger partial charge on any atom is 0.227 e. The molecule has 1 aliphatic rings. The summed E-state index contributed by atoms with van der Waals surface area (Å²) in [4.78, 5) is 21.3. The fourth-order valence-corrected chi connectivity index (χ4v) is 4.43. The summed E-state index contributed by atoms with van der Waals surface area (Å²) >= 11 is 3.45. The minimum absolute atomic E-state index is 0.138. The summed E-state index contributed by atoms with van der Waals surface area (Å²) in [5.41, 5.74) is 0.138. The molecule has 0 radical (unpaired) electrons. The average molecular weight is 320 g/mol. The van der Waals surface area contributed by atoms with Crippen LogP contribution in [0.2, 0.25) is 0 Å². The number of aryl methyl sites for hydroxylation is 1. The number of carbonyl (C=O) groups excluding carboxylic acids is 1. The molecule has 3 nitrogen and oxygen atoms in total. The summed E-state index contributed by atoms with van der Waals surface area (Å²) < 4.78 is 0. The van der Waals surface area contributed by atoms with E-state index in [1.807, 2.05) is 28.6 Å². The number of nitrogens with zero attached hydrogens (tertiary/aromatic N) is 2. The molecule has 3 rings (SSSR count). The molecule has 0 aliphatic carbocycles. The van der Waals surface area contributed by atoms with Crippen LogP contribution in [0, 0.1) is 6.92 Å². The lowest BCUT2D eigenvalue weighted by atomic mass is 9.81. The number of amides is 1. The van der Waals surface area contributed by atoms with Crippen molar-refractivity contribution < 1.29 is 4.79 Å². The molecule has 1 fully saturated rings. The number of piperidine rings is 1. The molecule has 5 heteroatoms. The summed E-state index contributed by atoms with van der Waals surface area (Å²) in [6, 6.07) is 4.04. The van der Waals surface area contributed by atoms with Crippen LogP contribution < -0.4 is 0 Å². The number of rotatable bonds is 3. The average Bonchev–Trinajstić information content (AvgIpc) is 3.11. The van der Waals surface area contributed by atoms with Gasteiger partial charge in [-0.05, 0) is 31.2 Å². The van der Waals surface area contributed by atoms with Gasteiger partial charge < -0.3 is 4.90 Å². The Hall–Kier alpha value is -1.20. The van der Waals surface area contributed by atoms with Crippen LogP contribution in [0.25, 0.3) is 0 Å². The zero-order valence-electron chi connectivity index (χ0n) is 12.5. The first-order valence-electron chi connectivity index (χ1n) is 7.30. The van der Waals surface area contributed by atoms with Crippen LogP contribution in [0.1, 0.15) is 34.5 Å². The molecule has 0 N–H and O–H groups in total. The van der Waals surface area contributed by atoms with Gasteiger partial charge in [-0.25, -0.2) is 4.98 Å². The molecule has 0 saturated carbocycles. The van der Waals surface area contributed by atoms with E-state index in [-0.39, 0.29) is 11.3 Å². The smallest absolute Gasteiger partial charge is 0.227 e. The minimum Gasteiger partial charge on any atom is -0.342 e. The van der Waals surface area contributed by atoms with E-state index in [4.69, 9.17) is 0 Å². The number of hydrogen-bond acceptors (Lipinski definition) is 4. The highest BCUT2D eigenvalue weighted by atomic mass is 32.1. The van der Waals surface area contributed by atoms with Crippen LogP contribution in [0.3, 0.4) is 0 Å². The summed E-state index contributed by atoms with van der Waals surface area (Å²) in [5, 5.41) is 3.26. The largest absolute Gasteiger partial charge is 0.342 e. The SMILES string of the molecule is Cc1cnc(C2(C)CCN(C(=O)Cc3cccs3)CC2)s1. The van der Waals surface area contributed by atoms with Crippen LogP contribution in [0.5, 0.6) is 0 Å². The minimum atomic E-state index is 0.138. The van der Waals surface area contributed by atoms with Crippen LogP contribution in [-0.2, 0) is 16.6 Å². The van der Waals surface area contributed by atoms with E-state index < -0.39 is 0 Å². The predicted molar refractivity (Wildman–Crippen MR) is 88.0 cm³/mol. The fourth-order valence-electron chi connectivity index (χ4n) is 2.77. The van der Waals surface area contributed by atoms with E-state index in [9.17, 15) is 4.79 Å². The molecule has 3 heterocycles. The van der Waals surface area contributed by atoms with Crippen molar-refractivity contribution in [3.05, 3.63) is 38.5 Å². The maximum atomic E-state index is 12.3. The molecule has 1 saturated heterocycles. The lowest BCUT2D eigenvalue weighted by Gasteiger charge is -2.38. The van der Waals surface area contributed by atoms with Crippen molar-refractivity contribution in [1.82, 2.24) is 9.88 Å². The number of hydrogen-bond donors (Lipinski definition) is 0. The van der Waals surface area contributed by atoms with E-state index in [1.54, 1.807) is 22.7 Å². The third-order valence-corrected chi connectivity index (χ3v) is 6.36. The van der Waals surface area contributed by atoms with E-state index in [0.29, 0.717) is 6.42 Å². The molecule has 0 spiro atoms. The second-order valence-corrected chi connectivity index (χ2v) is 8.24. The van der Waals surface area contributed by atoms with Gasteiger partial charge in [0.05, 0.1) is 11.4 Å². The van der Waals surface area contributed by atoms with Gasteiger partial charge in [0.25, 0.3) is 0 Å². The molecule has 0 bridgehead atoms. The first-order valence-corrected chi connectivity index (χ1v) is 8.99. The topological polar surface area (TPSA) is 33.2 Å². The van der Waals surface area contributed by atoms with E-state index in [2.05, 4.69) is 18.8 Å². The zero-order chi connectivity index (χ0) is 14.9. The molecule has 1 amide bonds.